The molecule has 0 aliphatic rings. The number of nitrogens with one attached hydrogen (secondary N) is 1. The summed E-state index contributed by atoms with van der Waals surface area (Å²) >= 11 is 0. The van der Waals surface area contributed by atoms with Crippen LogP contribution in [0.2, 0.25) is 0 Å². The van der Waals surface area contributed by atoms with Crippen LogP contribution in [0.5, 0.6) is 0 Å². The first kappa shape index (κ1) is 12.6. The summed E-state index contributed by atoms with van der Waals surface area (Å²) in [5.41, 5.74) is 1.77. The quantitative estimate of drug-likeness (QED) is 0.827. The first-order chi connectivity index (χ1) is 8.72. The maximum Gasteiger partial charge on any atom is 0.207 e. The lowest BCUT2D eigenvalue weighted by molar-refractivity contribution is 0.210. The summed E-state index contributed by atoms with van der Waals surface area (Å²) < 4.78 is 20.0. The monoisotopic (exact) mass is 249 g/mol. The third kappa shape index (κ3) is 2.68. The highest BCUT2D eigenvalue weighted by Gasteiger charge is 2.07. The van der Waals surface area contributed by atoms with Crippen LogP contribution < -0.4 is 5.32 Å². The van der Waals surface area contributed by atoms with Gasteiger partial charge in [-0.1, -0.05) is 0 Å². The molecule has 0 unspecified atom stereocenters. The fourth-order valence-corrected chi connectivity index (χ4v) is 1.78. The number of halogens is 1. The van der Waals surface area contributed by atoms with E-state index in [4.69, 9.17) is 4.74 Å². The molecule has 5 heteroatoms. The number of hydrogen-bond acceptors (Lipinski definition) is 3. The lowest BCUT2D eigenvalue weighted by Crippen LogP contribution is -2.12. The highest BCUT2D eigenvalue weighted by atomic mass is 19.1. The molecule has 1 aromatic heterocycles. The molecule has 1 aromatic carbocycles. The van der Waals surface area contributed by atoms with Crippen molar-refractivity contribution in [2.75, 3.05) is 25.6 Å². The highest BCUT2D eigenvalue weighted by molar-refractivity contribution is 5.46. The molecular formula is C13H16FN3O. The Bertz CT molecular complexity index is 525. The summed E-state index contributed by atoms with van der Waals surface area (Å²) in [5, 5.41) is 3.17. The number of hydrogen-bond donors (Lipinski definition) is 1. The van der Waals surface area contributed by atoms with Gasteiger partial charge >= 0.3 is 0 Å². The smallest absolute Gasteiger partial charge is 0.207 e. The first-order valence-corrected chi connectivity index (χ1v) is 5.75. The molecule has 0 fully saturated rings. The number of aromatic nitrogens is 2. The van der Waals surface area contributed by atoms with Crippen LogP contribution in [0.15, 0.2) is 30.6 Å². The third-order valence-corrected chi connectivity index (χ3v) is 2.65. The van der Waals surface area contributed by atoms with Gasteiger partial charge in [-0.3, -0.25) is 4.57 Å². The lowest BCUT2D eigenvalue weighted by atomic mass is 10.2. The summed E-state index contributed by atoms with van der Waals surface area (Å²) in [4.78, 5) is 4.23. The number of aryl methyl sites for hydroxylation is 1. The Morgan fingerprint density at radius 2 is 2.28 bits per heavy atom. The first-order valence-electron chi connectivity index (χ1n) is 5.75. The van der Waals surface area contributed by atoms with E-state index in [1.807, 2.05) is 17.7 Å². The Balaban J connectivity index is 2.25. The minimum Gasteiger partial charge on any atom is -0.383 e. The molecule has 0 aliphatic carbocycles. The molecule has 1 heterocycles. The maximum absolute atomic E-state index is 13.1. The van der Waals surface area contributed by atoms with Crippen LogP contribution in [0.3, 0.4) is 0 Å². The van der Waals surface area contributed by atoms with Crippen LogP contribution in [0.4, 0.5) is 10.3 Å². The molecule has 0 saturated heterocycles. The molecule has 0 bridgehead atoms. The predicted molar refractivity (Wildman–Crippen MR) is 68.6 cm³/mol. The topological polar surface area (TPSA) is 39.1 Å². The van der Waals surface area contributed by atoms with Crippen LogP contribution in [-0.4, -0.2) is 29.8 Å². The van der Waals surface area contributed by atoms with Crippen molar-refractivity contribution in [2.24, 2.45) is 0 Å². The van der Waals surface area contributed by atoms with E-state index in [1.54, 1.807) is 19.4 Å². The van der Waals surface area contributed by atoms with Crippen LogP contribution in [0, 0.1) is 12.7 Å². The fraction of sp³-hybridized carbons (Fsp3) is 0.308. The summed E-state index contributed by atoms with van der Waals surface area (Å²) in [7, 11) is 1.65. The highest BCUT2D eigenvalue weighted by Crippen LogP contribution is 2.19. The van der Waals surface area contributed by atoms with E-state index < -0.39 is 0 Å². The van der Waals surface area contributed by atoms with Gasteiger partial charge in [0.15, 0.2) is 0 Å². The van der Waals surface area contributed by atoms with Gasteiger partial charge in [-0.2, -0.15) is 0 Å². The average Bonchev–Trinajstić information content (AvgIpc) is 2.78. The lowest BCUT2D eigenvalue weighted by Gasteiger charge is -2.11. The number of anilines is 1. The van der Waals surface area contributed by atoms with Crippen molar-refractivity contribution in [3.05, 3.63) is 42.0 Å². The van der Waals surface area contributed by atoms with E-state index in [-0.39, 0.29) is 5.82 Å². The van der Waals surface area contributed by atoms with E-state index in [1.165, 1.54) is 12.1 Å². The molecule has 0 spiro atoms. The van der Waals surface area contributed by atoms with Crippen molar-refractivity contribution >= 4 is 5.95 Å². The number of nitrogens with zero attached hydrogens (tertiary/aromatic N) is 2. The largest absolute Gasteiger partial charge is 0.383 e. The van der Waals surface area contributed by atoms with Gasteiger partial charge in [0.2, 0.25) is 5.95 Å². The molecular weight excluding hydrogens is 233 g/mol. The van der Waals surface area contributed by atoms with Crippen molar-refractivity contribution < 1.29 is 9.13 Å². The number of benzene rings is 1. The van der Waals surface area contributed by atoms with Gasteiger partial charge in [0.25, 0.3) is 0 Å². The van der Waals surface area contributed by atoms with Gasteiger partial charge in [0.05, 0.1) is 12.3 Å². The van der Waals surface area contributed by atoms with Crippen LogP contribution in [-0.2, 0) is 4.74 Å². The van der Waals surface area contributed by atoms with Gasteiger partial charge in [-0.25, -0.2) is 9.37 Å². The van der Waals surface area contributed by atoms with E-state index in [2.05, 4.69) is 10.3 Å². The third-order valence-electron chi connectivity index (χ3n) is 2.65. The van der Waals surface area contributed by atoms with E-state index in [0.717, 1.165) is 17.2 Å². The summed E-state index contributed by atoms with van der Waals surface area (Å²) in [6.07, 6.45) is 3.55. The molecule has 0 aliphatic heterocycles. The molecule has 18 heavy (non-hydrogen) atoms. The van der Waals surface area contributed by atoms with Gasteiger partial charge in [0, 0.05) is 26.0 Å². The summed E-state index contributed by atoms with van der Waals surface area (Å²) in [5.74, 6) is 0.493. The molecule has 1 N–H and O–H groups in total. The van der Waals surface area contributed by atoms with E-state index in [9.17, 15) is 4.39 Å². The number of imidazole rings is 1. The minimum atomic E-state index is -0.231. The SMILES string of the molecule is COCCNc1nccn1-c1ccc(F)cc1C. The van der Waals surface area contributed by atoms with E-state index >= 15 is 0 Å². The molecule has 0 amide bonds. The molecule has 2 rings (SSSR count). The fourth-order valence-electron chi connectivity index (χ4n) is 1.78. The standard InChI is InChI=1S/C13H16FN3O/c1-10-9-11(14)3-4-12(10)17-7-5-15-13(17)16-6-8-18-2/h3-5,7,9H,6,8H2,1-2H3,(H,15,16). The zero-order chi connectivity index (χ0) is 13.0. The number of rotatable bonds is 5. The second kappa shape index (κ2) is 5.64. The normalized spacial score (nSPS) is 10.6. The second-order valence-corrected chi connectivity index (χ2v) is 3.97. The van der Waals surface area contributed by atoms with Crippen LogP contribution in [0.1, 0.15) is 5.56 Å². The van der Waals surface area contributed by atoms with Crippen LogP contribution in [0.25, 0.3) is 5.69 Å². The summed E-state index contributed by atoms with van der Waals surface area (Å²) in [6.45, 7) is 3.15. The number of methoxy groups -OCH3 is 1. The minimum absolute atomic E-state index is 0.231. The maximum atomic E-state index is 13.1. The van der Waals surface area contributed by atoms with Gasteiger partial charge in [-0.15, -0.1) is 0 Å². The Morgan fingerprint density at radius 3 is 3.00 bits per heavy atom. The van der Waals surface area contributed by atoms with Crippen molar-refractivity contribution in [1.82, 2.24) is 9.55 Å². The Hall–Kier alpha value is -1.88. The predicted octanol–water partition coefficient (Wildman–Crippen LogP) is 2.38. The Kier molecular flexibility index (Phi) is 3.94. The molecule has 0 atom stereocenters. The van der Waals surface area contributed by atoms with Gasteiger partial charge in [-0.05, 0) is 30.7 Å². The Labute approximate surface area is 105 Å². The Morgan fingerprint density at radius 1 is 1.44 bits per heavy atom. The van der Waals surface area contributed by atoms with Crippen LogP contribution >= 0.6 is 0 Å². The van der Waals surface area contributed by atoms with Gasteiger partial charge < -0.3 is 10.1 Å². The van der Waals surface area contributed by atoms with Gasteiger partial charge in [0.1, 0.15) is 5.82 Å². The average molecular weight is 249 g/mol. The van der Waals surface area contributed by atoms with Crippen molar-refractivity contribution in [3.8, 4) is 5.69 Å². The zero-order valence-corrected chi connectivity index (χ0v) is 10.5. The number of ether oxygens (including phenoxy) is 1. The summed E-state index contributed by atoms with van der Waals surface area (Å²) in [6, 6.07) is 4.70. The van der Waals surface area contributed by atoms with Crippen molar-refractivity contribution in [3.63, 3.8) is 0 Å². The molecule has 0 saturated carbocycles. The molecule has 0 radical (unpaired) electrons. The molecule has 4 nitrogen and oxygen atoms in total. The second-order valence-electron chi connectivity index (χ2n) is 3.97. The van der Waals surface area contributed by atoms with E-state index in [0.29, 0.717) is 13.2 Å². The zero-order valence-electron chi connectivity index (χ0n) is 10.5. The van der Waals surface area contributed by atoms with Crippen molar-refractivity contribution in [2.45, 2.75) is 6.92 Å². The molecule has 96 valence electrons. The van der Waals surface area contributed by atoms with Crippen molar-refractivity contribution in [1.29, 1.82) is 0 Å². The molecule has 2 aromatic rings.